The van der Waals surface area contributed by atoms with Gasteiger partial charge in [-0.2, -0.15) is 0 Å². The molecule has 0 saturated carbocycles. The second kappa shape index (κ2) is 7.28. The molecule has 0 aliphatic rings. The van der Waals surface area contributed by atoms with Gasteiger partial charge in [-0.05, 0) is 46.6 Å². The third-order valence-corrected chi connectivity index (χ3v) is 5.44. The molecule has 0 aliphatic carbocycles. The van der Waals surface area contributed by atoms with Crippen LogP contribution in [0.25, 0.3) is 27.8 Å². The summed E-state index contributed by atoms with van der Waals surface area (Å²) in [6.07, 6.45) is 1.07. The van der Waals surface area contributed by atoms with Gasteiger partial charge < -0.3 is 5.11 Å². The highest BCUT2D eigenvalue weighted by Crippen LogP contribution is 2.39. The van der Waals surface area contributed by atoms with Crippen LogP contribution < -0.4 is 0 Å². The fraction of sp³-hybridized carbons (Fsp3) is 0.308. The van der Waals surface area contributed by atoms with Crippen molar-refractivity contribution in [1.82, 2.24) is 15.0 Å². The number of nitrogens with zero attached hydrogens (tertiary/aromatic N) is 3. The molecule has 0 fully saturated rings. The topological polar surface area (TPSA) is 50.9 Å². The van der Waals surface area contributed by atoms with Gasteiger partial charge in [0.1, 0.15) is 16.7 Å². The summed E-state index contributed by atoms with van der Waals surface area (Å²) in [6, 6.07) is 21.9. The van der Waals surface area contributed by atoms with Gasteiger partial charge in [0, 0.05) is 5.56 Å². The van der Waals surface area contributed by atoms with Gasteiger partial charge in [0.05, 0.1) is 0 Å². The van der Waals surface area contributed by atoms with Crippen LogP contribution in [0.15, 0.2) is 66.7 Å². The first-order valence-corrected chi connectivity index (χ1v) is 10.4. The summed E-state index contributed by atoms with van der Waals surface area (Å²) in [5.41, 5.74) is 5.47. The Balaban J connectivity index is 1.76. The predicted octanol–water partition coefficient (Wildman–Crippen LogP) is 6.51. The number of phenolic OH excluding ortho intramolecular Hbond substituents is 1. The van der Waals surface area contributed by atoms with Crippen molar-refractivity contribution in [2.75, 3.05) is 0 Å². The molecular weight excluding hydrogens is 370 g/mol. The molecule has 154 valence electrons. The predicted molar refractivity (Wildman–Crippen MR) is 123 cm³/mol. The molecule has 3 aromatic carbocycles. The zero-order valence-electron chi connectivity index (χ0n) is 18.3. The highest BCUT2D eigenvalue weighted by Gasteiger charge is 2.27. The fourth-order valence-electron chi connectivity index (χ4n) is 4.43. The number of rotatable bonds is 4. The Morgan fingerprint density at radius 3 is 2.07 bits per heavy atom. The van der Waals surface area contributed by atoms with E-state index in [1.54, 1.807) is 0 Å². The molecule has 4 heteroatoms. The fourth-order valence-corrected chi connectivity index (χ4v) is 4.43. The summed E-state index contributed by atoms with van der Waals surface area (Å²) >= 11 is 0. The number of fused-ring (bicyclic) bond motifs is 1. The first kappa shape index (κ1) is 20.1. The lowest BCUT2D eigenvalue weighted by Crippen LogP contribution is -2.24. The Morgan fingerprint density at radius 1 is 0.800 bits per heavy atom. The first-order chi connectivity index (χ1) is 14.1. The van der Waals surface area contributed by atoms with E-state index in [9.17, 15) is 5.11 Å². The molecule has 4 rings (SSSR count). The quantitative estimate of drug-likeness (QED) is 0.426. The molecule has 0 saturated heterocycles. The Labute approximate surface area is 178 Å². The first-order valence-electron chi connectivity index (χ1n) is 10.4. The Morgan fingerprint density at radius 2 is 1.43 bits per heavy atom. The molecule has 4 aromatic rings. The van der Waals surface area contributed by atoms with Crippen molar-refractivity contribution in [1.29, 1.82) is 0 Å². The molecule has 0 unspecified atom stereocenters. The van der Waals surface area contributed by atoms with Crippen LogP contribution >= 0.6 is 0 Å². The van der Waals surface area contributed by atoms with E-state index in [4.69, 9.17) is 0 Å². The van der Waals surface area contributed by atoms with Crippen molar-refractivity contribution in [3.8, 4) is 22.6 Å². The Bertz CT molecular complexity index is 1170. The van der Waals surface area contributed by atoms with Crippen LogP contribution in [0.3, 0.4) is 0 Å². The normalized spacial score (nSPS) is 12.4. The standard InChI is InChI=1S/C26H29N3O/c1-25(2,3)17-26(4,5)19-11-8-10-18(16-19)20-12-9-15-23(24(20)30)29-27-21-13-6-7-14-22(21)28-29/h6-16,30H,17H2,1-5H3. The summed E-state index contributed by atoms with van der Waals surface area (Å²) in [5.74, 6) is 0.184. The van der Waals surface area contributed by atoms with Crippen LogP contribution in [-0.2, 0) is 5.41 Å². The van der Waals surface area contributed by atoms with Gasteiger partial charge in [0.2, 0.25) is 0 Å². The molecule has 0 atom stereocenters. The number of hydrogen-bond acceptors (Lipinski definition) is 3. The molecule has 0 aliphatic heterocycles. The van der Waals surface area contributed by atoms with E-state index in [0.717, 1.165) is 28.6 Å². The van der Waals surface area contributed by atoms with Gasteiger partial charge in [-0.3, -0.25) is 0 Å². The molecule has 0 bridgehead atoms. The number of para-hydroxylation sites is 1. The molecule has 0 spiro atoms. The van der Waals surface area contributed by atoms with Gasteiger partial charge in [0.25, 0.3) is 0 Å². The maximum absolute atomic E-state index is 11.1. The minimum absolute atomic E-state index is 0.0305. The SMILES string of the molecule is CC(C)(C)CC(C)(C)c1cccc(-c2cccc(-n3nc4ccccc4n3)c2O)c1. The van der Waals surface area contributed by atoms with Crippen LogP contribution in [0, 0.1) is 5.41 Å². The van der Waals surface area contributed by atoms with E-state index < -0.39 is 0 Å². The van der Waals surface area contributed by atoms with E-state index in [0.29, 0.717) is 5.69 Å². The van der Waals surface area contributed by atoms with Crippen molar-refractivity contribution in [3.05, 3.63) is 72.3 Å². The van der Waals surface area contributed by atoms with Crippen LogP contribution in [0.4, 0.5) is 0 Å². The Kier molecular flexibility index (Phi) is 4.89. The molecule has 30 heavy (non-hydrogen) atoms. The van der Waals surface area contributed by atoms with Crippen molar-refractivity contribution >= 4 is 11.0 Å². The lowest BCUT2D eigenvalue weighted by molar-refractivity contribution is 0.284. The average molecular weight is 400 g/mol. The van der Waals surface area contributed by atoms with Crippen molar-refractivity contribution in [2.45, 2.75) is 46.5 Å². The van der Waals surface area contributed by atoms with Gasteiger partial charge in [-0.15, -0.1) is 15.0 Å². The maximum Gasteiger partial charge on any atom is 0.150 e. The van der Waals surface area contributed by atoms with Crippen LogP contribution in [0.2, 0.25) is 0 Å². The summed E-state index contributed by atoms with van der Waals surface area (Å²) in [4.78, 5) is 1.51. The molecule has 0 amide bonds. The number of aromatic nitrogens is 3. The number of phenols is 1. The summed E-state index contributed by atoms with van der Waals surface area (Å²) in [5, 5.41) is 20.1. The molecule has 1 N–H and O–H groups in total. The molecule has 0 radical (unpaired) electrons. The second-order valence-electron chi connectivity index (χ2n) is 9.85. The van der Waals surface area contributed by atoms with Crippen molar-refractivity contribution < 1.29 is 5.11 Å². The van der Waals surface area contributed by atoms with Crippen LogP contribution in [0.1, 0.15) is 46.6 Å². The van der Waals surface area contributed by atoms with E-state index in [1.165, 1.54) is 10.4 Å². The Hall–Kier alpha value is -3.14. The van der Waals surface area contributed by atoms with Gasteiger partial charge >= 0.3 is 0 Å². The largest absolute Gasteiger partial charge is 0.505 e. The smallest absolute Gasteiger partial charge is 0.150 e. The molecule has 4 nitrogen and oxygen atoms in total. The zero-order valence-corrected chi connectivity index (χ0v) is 18.3. The van der Waals surface area contributed by atoms with E-state index in [1.807, 2.05) is 48.5 Å². The van der Waals surface area contributed by atoms with Crippen molar-refractivity contribution in [2.24, 2.45) is 5.41 Å². The average Bonchev–Trinajstić information content (AvgIpc) is 3.10. The highest BCUT2D eigenvalue weighted by atomic mass is 16.3. The van der Waals surface area contributed by atoms with Gasteiger partial charge in [0.15, 0.2) is 5.75 Å². The van der Waals surface area contributed by atoms with E-state index in [-0.39, 0.29) is 16.6 Å². The lowest BCUT2D eigenvalue weighted by Gasteiger charge is -2.33. The minimum atomic E-state index is 0.0305. The zero-order chi connectivity index (χ0) is 21.5. The van der Waals surface area contributed by atoms with Crippen LogP contribution in [-0.4, -0.2) is 20.1 Å². The highest BCUT2D eigenvalue weighted by molar-refractivity contribution is 5.77. The minimum Gasteiger partial charge on any atom is -0.505 e. The molecular formula is C26H29N3O. The van der Waals surface area contributed by atoms with Gasteiger partial charge in [-0.25, -0.2) is 0 Å². The monoisotopic (exact) mass is 399 g/mol. The molecule has 1 heterocycles. The van der Waals surface area contributed by atoms with Crippen molar-refractivity contribution in [3.63, 3.8) is 0 Å². The summed E-state index contributed by atoms with van der Waals surface area (Å²) in [7, 11) is 0. The summed E-state index contributed by atoms with van der Waals surface area (Å²) in [6.45, 7) is 11.4. The summed E-state index contributed by atoms with van der Waals surface area (Å²) < 4.78 is 0. The second-order valence-corrected chi connectivity index (χ2v) is 9.85. The van der Waals surface area contributed by atoms with Gasteiger partial charge in [-0.1, -0.05) is 83.1 Å². The van der Waals surface area contributed by atoms with E-state index in [2.05, 4.69) is 63.0 Å². The lowest BCUT2D eigenvalue weighted by atomic mass is 9.72. The maximum atomic E-state index is 11.1. The van der Waals surface area contributed by atoms with Crippen LogP contribution in [0.5, 0.6) is 5.75 Å². The number of benzene rings is 3. The number of aromatic hydroxyl groups is 1. The third-order valence-electron chi connectivity index (χ3n) is 5.44. The number of hydrogen-bond donors (Lipinski definition) is 1. The van der Waals surface area contributed by atoms with E-state index >= 15 is 0 Å². The molecule has 1 aromatic heterocycles. The third kappa shape index (κ3) is 3.95.